The fourth-order valence-corrected chi connectivity index (χ4v) is 3.25. The van der Waals surface area contributed by atoms with Crippen molar-refractivity contribution in [2.45, 2.75) is 38.6 Å². The summed E-state index contributed by atoms with van der Waals surface area (Å²) in [7, 11) is 0. The van der Waals surface area contributed by atoms with Gasteiger partial charge in [-0.15, -0.1) is 0 Å². The van der Waals surface area contributed by atoms with Gasteiger partial charge in [0, 0.05) is 38.2 Å². The minimum atomic E-state index is 0.697. The van der Waals surface area contributed by atoms with Crippen molar-refractivity contribution >= 4 is 11.6 Å². The Hall–Kier alpha value is -1.40. The number of hydrazine groups is 1. The molecule has 0 saturated carbocycles. The molecule has 0 amide bonds. The van der Waals surface area contributed by atoms with Crippen LogP contribution in [0.4, 0.5) is 11.6 Å². The van der Waals surface area contributed by atoms with Gasteiger partial charge in [0.05, 0.1) is 0 Å². The van der Waals surface area contributed by atoms with Crippen LogP contribution in [0, 0.1) is 0 Å². The summed E-state index contributed by atoms with van der Waals surface area (Å²) in [6.45, 7) is 6.67. The molecule has 0 aliphatic carbocycles. The number of piperazine rings is 1. The number of hydrogen-bond donors (Lipinski definition) is 2. The summed E-state index contributed by atoms with van der Waals surface area (Å²) >= 11 is 0. The van der Waals surface area contributed by atoms with Crippen molar-refractivity contribution in [2.75, 3.05) is 36.5 Å². The lowest BCUT2D eigenvalue weighted by molar-refractivity contribution is 0.230. The molecule has 2 fully saturated rings. The Kier molecular flexibility index (Phi) is 4.03. The molecular weight excluding hydrogens is 252 g/mol. The molecule has 0 radical (unpaired) electrons. The third-order valence-corrected chi connectivity index (χ3v) is 4.29. The molecule has 110 valence electrons. The van der Waals surface area contributed by atoms with Gasteiger partial charge in [0.2, 0.25) is 0 Å². The van der Waals surface area contributed by atoms with Crippen LogP contribution in [0.1, 0.15) is 32.0 Å². The summed E-state index contributed by atoms with van der Waals surface area (Å²) in [5.74, 6) is 8.14. The second-order valence-electron chi connectivity index (χ2n) is 5.70. The van der Waals surface area contributed by atoms with E-state index in [9.17, 15) is 0 Å². The molecule has 1 unspecified atom stereocenters. The minimum absolute atomic E-state index is 0.697. The van der Waals surface area contributed by atoms with E-state index < -0.39 is 0 Å². The lowest BCUT2D eigenvalue weighted by Gasteiger charge is -2.38. The van der Waals surface area contributed by atoms with Gasteiger partial charge in [0.25, 0.3) is 0 Å². The number of nitrogens with zero attached hydrogens (tertiary/aromatic N) is 4. The third kappa shape index (κ3) is 2.71. The molecule has 3 heterocycles. The molecule has 1 atom stereocenters. The van der Waals surface area contributed by atoms with E-state index in [1.807, 2.05) is 6.07 Å². The highest BCUT2D eigenvalue weighted by atomic mass is 15.3. The zero-order valence-corrected chi connectivity index (χ0v) is 12.2. The summed E-state index contributed by atoms with van der Waals surface area (Å²) < 4.78 is 0. The van der Waals surface area contributed by atoms with E-state index in [1.54, 1.807) is 0 Å². The van der Waals surface area contributed by atoms with Crippen molar-refractivity contribution in [3.05, 3.63) is 11.9 Å². The van der Waals surface area contributed by atoms with Crippen molar-refractivity contribution in [1.29, 1.82) is 0 Å². The number of aryl methyl sites for hydroxylation is 1. The zero-order valence-electron chi connectivity index (χ0n) is 12.2. The second-order valence-corrected chi connectivity index (χ2v) is 5.70. The Morgan fingerprint density at radius 3 is 3.05 bits per heavy atom. The van der Waals surface area contributed by atoms with E-state index in [1.165, 1.54) is 19.4 Å². The minimum Gasteiger partial charge on any atom is -0.354 e. The number of aromatic nitrogens is 2. The van der Waals surface area contributed by atoms with E-state index >= 15 is 0 Å². The quantitative estimate of drug-likeness (QED) is 0.631. The largest absolute Gasteiger partial charge is 0.354 e. The first-order chi connectivity index (χ1) is 9.80. The SMILES string of the molecule is CCCc1nc(NN)cc(N2CCN3CCCC3C2)n1. The maximum Gasteiger partial charge on any atom is 0.145 e. The lowest BCUT2D eigenvalue weighted by Crippen LogP contribution is -2.50. The third-order valence-electron chi connectivity index (χ3n) is 4.29. The fraction of sp³-hybridized carbons (Fsp3) is 0.714. The first-order valence-electron chi connectivity index (χ1n) is 7.63. The topological polar surface area (TPSA) is 70.3 Å². The first kappa shape index (κ1) is 13.6. The Morgan fingerprint density at radius 2 is 2.25 bits per heavy atom. The highest BCUT2D eigenvalue weighted by Gasteiger charge is 2.31. The number of anilines is 2. The molecular formula is C14H24N6. The summed E-state index contributed by atoms with van der Waals surface area (Å²) in [6, 6.07) is 2.66. The number of nitrogens with two attached hydrogens (primary N) is 1. The molecule has 1 aromatic rings. The second kappa shape index (κ2) is 5.93. The number of nitrogens with one attached hydrogen (secondary N) is 1. The van der Waals surface area contributed by atoms with Crippen LogP contribution in [-0.2, 0) is 6.42 Å². The van der Waals surface area contributed by atoms with Crippen molar-refractivity contribution in [3.63, 3.8) is 0 Å². The molecule has 3 N–H and O–H groups in total. The average molecular weight is 276 g/mol. The van der Waals surface area contributed by atoms with Gasteiger partial charge < -0.3 is 10.3 Å². The van der Waals surface area contributed by atoms with Gasteiger partial charge in [-0.05, 0) is 25.8 Å². The summed E-state index contributed by atoms with van der Waals surface area (Å²) in [5, 5.41) is 0. The standard InChI is InChI=1S/C14H24N6/c1-2-4-12-16-13(18-15)9-14(17-12)20-8-7-19-6-3-5-11(19)10-20/h9,11H,2-8,10,15H2,1H3,(H,16,17,18). The molecule has 2 saturated heterocycles. The summed E-state index contributed by atoms with van der Waals surface area (Å²) in [4.78, 5) is 14.1. The Balaban J connectivity index is 1.79. The van der Waals surface area contributed by atoms with Gasteiger partial charge in [-0.25, -0.2) is 15.8 Å². The zero-order chi connectivity index (χ0) is 13.9. The number of hydrogen-bond acceptors (Lipinski definition) is 6. The van der Waals surface area contributed by atoms with E-state index in [4.69, 9.17) is 10.8 Å². The average Bonchev–Trinajstić information content (AvgIpc) is 2.94. The summed E-state index contributed by atoms with van der Waals surface area (Å²) in [6.07, 6.45) is 4.58. The highest BCUT2D eigenvalue weighted by Crippen LogP contribution is 2.25. The maximum absolute atomic E-state index is 5.53. The fourth-order valence-electron chi connectivity index (χ4n) is 3.25. The van der Waals surface area contributed by atoms with Crippen LogP contribution in [-0.4, -0.2) is 47.1 Å². The number of rotatable bonds is 4. The Bertz CT molecular complexity index is 463. The van der Waals surface area contributed by atoms with Crippen LogP contribution in [0.3, 0.4) is 0 Å². The lowest BCUT2D eigenvalue weighted by atomic mass is 10.1. The molecule has 1 aromatic heterocycles. The van der Waals surface area contributed by atoms with Crippen LogP contribution in [0.25, 0.3) is 0 Å². The smallest absolute Gasteiger partial charge is 0.145 e. The molecule has 2 aliphatic heterocycles. The van der Waals surface area contributed by atoms with Crippen molar-refractivity contribution in [2.24, 2.45) is 5.84 Å². The number of nitrogen functional groups attached to an aromatic ring is 1. The predicted octanol–water partition coefficient (Wildman–Crippen LogP) is 0.999. The van der Waals surface area contributed by atoms with Gasteiger partial charge in [0.1, 0.15) is 17.5 Å². The van der Waals surface area contributed by atoms with E-state index in [0.29, 0.717) is 11.9 Å². The van der Waals surface area contributed by atoms with Crippen molar-refractivity contribution < 1.29 is 0 Å². The first-order valence-corrected chi connectivity index (χ1v) is 7.63. The van der Waals surface area contributed by atoms with Gasteiger partial charge in [0.15, 0.2) is 0 Å². The van der Waals surface area contributed by atoms with Gasteiger partial charge in [-0.3, -0.25) is 4.90 Å². The van der Waals surface area contributed by atoms with Gasteiger partial charge >= 0.3 is 0 Å². The van der Waals surface area contributed by atoms with Crippen LogP contribution < -0.4 is 16.2 Å². The molecule has 3 rings (SSSR count). The van der Waals surface area contributed by atoms with Crippen molar-refractivity contribution in [1.82, 2.24) is 14.9 Å². The highest BCUT2D eigenvalue weighted by molar-refractivity contribution is 5.49. The van der Waals surface area contributed by atoms with Crippen LogP contribution in [0.2, 0.25) is 0 Å². The van der Waals surface area contributed by atoms with Crippen molar-refractivity contribution in [3.8, 4) is 0 Å². The monoisotopic (exact) mass is 276 g/mol. The predicted molar refractivity (Wildman–Crippen MR) is 80.6 cm³/mol. The molecule has 6 heteroatoms. The molecule has 2 aliphatic rings. The Morgan fingerprint density at radius 1 is 1.35 bits per heavy atom. The maximum atomic E-state index is 5.53. The molecule has 0 bridgehead atoms. The molecule has 6 nitrogen and oxygen atoms in total. The summed E-state index contributed by atoms with van der Waals surface area (Å²) in [5.41, 5.74) is 2.66. The van der Waals surface area contributed by atoms with Crippen LogP contribution >= 0.6 is 0 Å². The van der Waals surface area contributed by atoms with Crippen LogP contribution in [0.15, 0.2) is 6.07 Å². The molecule has 0 aromatic carbocycles. The normalized spacial score (nSPS) is 22.9. The van der Waals surface area contributed by atoms with Gasteiger partial charge in [-0.2, -0.15) is 0 Å². The Labute approximate surface area is 120 Å². The van der Waals surface area contributed by atoms with E-state index in [0.717, 1.165) is 44.1 Å². The van der Waals surface area contributed by atoms with E-state index in [-0.39, 0.29) is 0 Å². The van der Waals surface area contributed by atoms with Crippen LogP contribution in [0.5, 0.6) is 0 Å². The molecule has 0 spiro atoms. The van der Waals surface area contributed by atoms with Gasteiger partial charge in [-0.1, -0.05) is 6.92 Å². The molecule has 20 heavy (non-hydrogen) atoms. The van der Waals surface area contributed by atoms with E-state index in [2.05, 4.69) is 27.1 Å². The number of fused-ring (bicyclic) bond motifs is 1.